The molecule has 0 unspecified atom stereocenters. The van der Waals surface area contributed by atoms with Crippen molar-refractivity contribution >= 4 is 29.7 Å². The second-order valence-electron chi connectivity index (χ2n) is 6.99. The van der Waals surface area contributed by atoms with Crippen LogP contribution in [0, 0.1) is 0 Å². The number of morpholine rings is 1. The molecule has 10 heteroatoms. The van der Waals surface area contributed by atoms with Crippen LogP contribution < -0.4 is 24.5 Å². The lowest BCUT2D eigenvalue weighted by atomic mass is 10.1. The number of aromatic nitrogens is 2. The molecule has 1 fully saturated rings. The number of nitrogens with one attached hydrogen (secondary N) is 1. The smallest absolute Gasteiger partial charge is 0.245 e. The molecule has 1 aromatic carbocycles. The molecule has 166 valence electrons. The number of anilines is 2. The molecule has 1 saturated heterocycles. The van der Waals surface area contributed by atoms with Gasteiger partial charge in [-0.1, -0.05) is 0 Å². The van der Waals surface area contributed by atoms with Crippen molar-refractivity contribution in [1.29, 1.82) is 0 Å². The summed E-state index contributed by atoms with van der Waals surface area (Å²) < 4.78 is 21.8. The van der Waals surface area contributed by atoms with Gasteiger partial charge in [0.25, 0.3) is 0 Å². The van der Waals surface area contributed by atoms with E-state index in [0.29, 0.717) is 36.4 Å². The number of hydrogen-bond acceptors (Lipinski definition) is 10. The SMILES string of the molecule is COc1ccc(/C=N/Nc2nc3c(c(N4CCOCC4)n2)CSCC3)c(OC)c1OC. The monoisotopic (exact) mass is 445 g/mol. The zero-order valence-electron chi connectivity index (χ0n) is 18.0. The Balaban J connectivity index is 1.59. The highest BCUT2D eigenvalue weighted by atomic mass is 32.2. The minimum absolute atomic E-state index is 0.489. The Labute approximate surface area is 186 Å². The highest BCUT2D eigenvalue weighted by Gasteiger charge is 2.23. The zero-order chi connectivity index (χ0) is 21.6. The van der Waals surface area contributed by atoms with Crippen molar-refractivity contribution in [2.24, 2.45) is 5.10 Å². The van der Waals surface area contributed by atoms with Crippen molar-refractivity contribution in [1.82, 2.24) is 9.97 Å². The fraction of sp³-hybridized carbons (Fsp3) is 0.476. The van der Waals surface area contributed by atoms with Crippen LogP contribution >= 0.6 is 11.8 Å². The van der Waals surface area contributed by atoms with Crippen molar-refractivity contribution in [2.75, 3.05) is 63.7 Å². The number of rotatable bonds is 7. The number of ether oxygens (including phenoxy) is 4. The summed E-state index contributed by atoms with van der Waals surface area (Å²) in [6, 6.07) is 3.67. The van der Waals surface area contributed by atoms with Gasteiger partial charge in [0.2, 0.25) is 11.7 Å². The summed E-state index contributed by atoms with van der Waals surface area (Å²) in [6.45, 7) is 3.09. The molecular weight excluding hydrogens is 418 g/mol. The molecular formula is C21H27N5O4S. The predicted molar refractivity (Wildman–Crippen MR) is 122 cm³/mol. The Bertz CT molecular complexity index is 950. The summed E-state index contributed by atoms with van der Waals surface area (Å²) >= 11 is 1.92. The first-order valence-corrected chi connectivity index (χ1v) is 11.3. The Kier molecular flexibility index (Phi) is 6.98. The standard InChI is InChI=1S/C21H27N5O4S/c1-27-17-5-4-14(18(28-2)19(17)29-3)12-22-25-21-23-16-6-11-31-13-15(16)20(24-21)26-7-9-30-10-8-26/h4-5,12H,6-11,13H2,1-3H3,(H,23,24,25)/b22-12+. The van der Waals surface area contributed by atoms with Crippen LogP contribution in [0.1, 0.15) is 16.8 Å². The molecule has 0 bridgehead atoms. The van der Waals surface area contributed by atoms with Gasteiger partial charge in [0, 0.05) is 30.0 Å². The molecule has 0 saturated carbocycles. The zero-order valence-corrected chi connectivity index (χ0v) is 18.8. The van der Waals surface area contributed by atoms with Crippen molar-refractivity contribution < 1.29 is 18.9 Å². The van der Waals surface area contributed by atoms with Crippen molar-refractivity contribution in [2.45, 2.75) is 12.2 Å². The fourth-order valence-electron chi connectivity index (χ4n) is 3.69. The van der Waals surface area contributed by atoms with Crippen LogP contribution in [0.25, 0.3) is 0 Å². The molecule has 1 N–H and O–H groups in total. The lowest BCUT2D eigenvalue weighted by molar-refractivity contribution is 0.122. The highest BCUT2D eigenvalue weighted by Crippen LogP contribution is 2.39. The molecule has 2 aliphatic rings. The summed E-state index contributed by atoms with van der Waals surface area (Å²) in [7, 11) is 4.75. The van der Waals surface area contributed by atoms with E-state index < -0.39 is 0 Å². The predicted octanol–water partition coefficient (Wildman–Crippen LogP) is 2.57. The summed E-state index contributed by atoms with van der Waals surface area (Å²) in [5.41, 5.74) is 6.07. The topological polar surface area (TPSA) is 90.3 Å². The first kappa shape index (κ1) is 21.5. The first-order valence-electron chi connectivity index (χ1n) is 10.1. The average molecular weight is 446 g/mol. The molecule has 0 spiro atoms. The van der Waals surface area contributed by atoms with Gasteiger partial charge in [0.1, 0.15) is 5.82 Å². The van der Waals surface area contributed by atoms with Crippen LogP contribution in [0.5, 0.6) is 17.2 Å². The second kappa shape index (κ2) is 10.1. The average Bonchev–Trinajstić information content (AvgIpc) is 2.83. The van der Waals surface area contributed by atoms with Crippen LogP contribution in [0.15, 0.2) is 17.2 Å². The van der Waals surface area contributed by atoms with Gasteiger partial charge in [-0.3, -0.25) is 0 Å². The Morgan fingerprint density at radius 3 is 2.65 bits per heavy atom. The van der Waals surface area contributed by atoms with Gasteiger partial charge < -0.3 is 23.8 Å². The van der Waals surface area contributed by atoms with E-state index in [1.54, 1.807) is 27.5 Å². The van der Waals surface area contributed by atoms with Crippen LogP contribution in [-0.2, 0) is 16.9 Å². The quantitative estimate of drug-likeness (QED) is 0.510. The number of methoxy groups -OCH3 is 3. The molecule has 0 amide bonds. The number of benzene rings is 1. The van der Waals surface area contributed by atoms with Gasteiger partial charge in [0.15, 0.2) is 11.5 Å². The molecule has 0 atom stereocenters. The molecule has 2 aliphatic heterocycles. The van der Waals surface area contributed by atoms with Gasteiger partial charge in [-0.25, -0.2) is 10.4 Å². The van der Waals surface area contributed by atoms with Crippen molar-refractivity contribution in [3.63, 3.8) is 0 Å². The van der Waals surface area contributed by atoms with Gasteiger partial charge >= 0.3 is 0 Å². The van der Waals surface area contributed by atoms with E-state index in [2.05, 4.69) is 15.4 Å². The summed E-state index contributed by atoms with van der Waals surface area (Å²) in [5.74, 6) is 5.14. The fourth-order valence-corrected chi connectivity index (χ4v) is 4.67. The number of aryl methyl sites for hydroxylation is 1. The van der Waals surface area contributed by atoms with E-state index in [4.69, 9.17) is 28.9 Å². The van der Waals surface area contributed by atoms with Crippen LogP contribution in [0.3, 0.4) is 0 Å². The number of hydrazone groups is 1. The van der Waals surface area contributed by atoms with E-state index in [0.717, 1.165) is 48.1 Å². The molecule has 0 aliphatic carbocycles. The maximum Gasteiger partial charge on any atom is 0.245 e. The van der Waals surface area contributed by atoms with Crippen molar-refractivity contribution in [3.8, 4) is 17.2 Å². The summed E-state index contributed by atoms with van der Waals surface area (Å²) in [4.78, 5) is 11.8. The minimum Gasteiger partial charge on any atom is -0.493 e. The van der Waals surface area contributed by atoms with Crippen LogP contribution in [-0.4, -0.2) is 69.6 Å². The summed E-state index contributed by atoms with van der Waals surface area (Å²) in [5, 5.41) is 4.36. The number of fused-ring (bicyclic) bond motifs is 1. The second-order valence-corrected chi connectivity index (χ2v) is 8.10. The minimum atomic E-state index is 0.489. The Morgan fingerprint density at radius 1 is 1.10 bits per heavy atom. The maximum absolute atomic E-state index is 5.51. The third-order valence-corrected chi connectivity index (χ3v) is 6.20. The third kappa shape index (κ3) is 4.64. The first-order chi connectivity index (χ1) is 15.2. The van der Waals surface area contributed by atoms with E-state index in [-0.39, 0.29) is 0 Å². The number of nitrogens with zero attached hydrogens (tertiary/aromatic N) is 4. The molecule has 3 heterocycles. The van der Waals surface area contributed by atoms with Crippen LogP contribution in [0.2, 0.25) is 0 Å². The van der Waals surface area contributed by atoms with E-state index >= 15 is 0 Å². The van der Waals surface area contributed by atoms with Crippen molar-refractivity contribution in [3.05, 3.63) is 29.0 Å². The van der Waals surface area contributed by atoms with E-state index in [9.17, 15) is 0 Å². The molecule has 0 radical (unpaired) electrons. The molecule has 31 heavy (non-hydrogen) atoms. The van der Waals surface area contributed by atoms with E-state index in [1.165, 1.54) is 5.56 Å². The highest BCUT2D eigenvalue weighted by molar-refractivity contribution is 7.98. The van der Waals surface area contributed by atoms with Gasteiger partial charge in [0.05, 0.1) is 46.5 Å². The maximum atomic E-state index is 5.51. The largest absolute Gasteiger partial charge is 0.493 e. The molecule has 4 rings (SSSR count). The number of hydrogen-bond donors (Lipinski definition) is 1. The summed E-state index contributed by atoms with van der Waals surface area (Å²) in [6.07, 6.45) is 2.59. The van der Waals surface area contributed by atoms with E-state index in [1.807, 2.05) is 23.9 Å². The molecule has 9 nitrogen and oxygen atoms in total. The number of thioether (sulfide) groups is 1. The normalized spacial score (nSPS) is 16.2. The van der Waals surface area contributed by atoms with Gasteiger partial charge in [-0.05, 0) is 24.3 Å². The molecule has 2 aromatic rings. The Morgan fingerprint density at radius 2 is 1.90 bits per heavy atom. The van der Waals surface area contributed by atoms with Gasteiger partial charge in [-0.2, -0.15) is 21.8 Å². The van der Waals surface area contributed by atoms with Gasteiger partial charge in [-0.15, -0.1) is 0 Å². The lowest BCUT2D eigenvalue weighted by Crippen LogP contribution is -2.38. The Hall–Kier alpha value is -2.72. The third-order valence-electron chi connectivity index (χ3n) is 5.21. The molecule has 1 aromatic heterocycles. The lowest BCUT2D eigenvalue weighted by Gasteiger charge is -2.31. The van der Waals surface area contributed by atoms with Crippen LogP contribution in [0.4, 0.5) is 11.8 Å².